The molecule has 14 heteroatoms. The Morgan fingerprint density at radius 3 is 2.22 bits per heavy atom. The van der Waals surface area contributed by atoms with Crippen molar-refractivity contribution in [2.75, 3.05) is 18.0 Å². The number of fused-ring (bicyclic) bond motifs is 1. The number of ether oxygens (including phenoxy) is 1. The van der Waals surface area contributed by atoms with Crippen LogP contribution in [0.3, 0.4) is 0 Å². The van der Waals surface area contributed by atoms with Gasteiger partial charge in [-0.15, -0.1) is 10.2 Å². The van der Waals surface area contributed by atoms with Gasteiger partial charge in [-0.2, -0.15) is 8.78 Å². The molecule has 1 aliphatic heterocycles. The monoisotopic (exact) mass is 601 g/mol. The van der Waals surface area contributed by atoms with Gasteiger partial charge in [-0.1, -0.05) is 53.0 Å². The first kappa shape index (κ1) is 26.9. The summed E-state index contributed by atoms with van der Waals surface area (Å²) in [5, 5.41) is 10.4. The van der Waals surface area contributed by atoms with E-state index in [1.54, 1.807) is 0 Å². The molecule has 3 heterocycles. The van der Waals surface area contributed by atoms with Crippen LogP contribution >= 0.6 is 22.7 Å². The van der Waals surface area contributed by atoms with E-state index in [4.69, 9.17) is 4.98 Å². The van der Waals surface area contributed by atoms with Gasteiger partial charge in [-0.3, -0.25) is 0 Å². The van der Waals surface area contributed by atoms with E-state index in [9.17, 15) is 26.7 Å². The molecule has 0 unspecified atom stereocenters. The number of anilines is 1. The summed E-state index contributed by atoms with van der Waals surface area (Å²) < 4.78 is 73.1. The minimum absolute atomic E-state index is 0.197. The maximum Gasteiger partial charge on any atom is 0.343 e. The second kappa shape index (κ2) is 10.9. The molecule has 0 amide bonds. The molecule has 0 radical (unpaired) electrons. The fraction of sp³-hybridized carbons (Fsp3) is 0.148. The van der Waals surface area contributed by atoms with Crippen LogP contribution in [0.1, 0.15) is 23.2 Å². The lowest BCUT2D eigenvalue weighted by Gasteiger charge is -2.11. The van der Waals surface area contributed by atoms with E-state index >= 15 is 0 Å². The minimum atomic E-state index is -2.35. The molecule has 0 aliphatic carbocycles. The first-order valence-corrected chi connectivity index (χ1v) is 13.8. The van der Waals surface area contributed by atoms with Crippen LogP contribution in [0.25, 0.3) is 21.5 Å². The normalized spacial score (nSPS) is 13.5. The summed E-state index contributed by atoms with van der Waals surface area (Å²) in [4.78, 5) is 23.9. The maximum absolute atomic E-state index is 14.0. The van der Waals surface area contributed by atoms with Crippen LogP contribution in [0.5, 0.6) is 5.75 Å². The molecule has 7 nitrogen and oxygen atoms in total. The number of esters is 1. The van der Waals surface area contributed by atoms with Crippen molar-refractivity contribution in [2.24, 2.45) is 10.2 Å². The molecule has 3 aromatic carbocycles. The topological polar surface area (TPSA) is 80.0 Å². The number of rotatable bonds is 6. The summed E-state index contributed by atoms with van der Waals surface area (Å²) in [6.07, 6.45) is 2.19. The Morgan fingerprint density at radius 1 is 0.829 bits per heavy atom. The predicted molar refractivity (Wildman–Crippen MR) is 144 cm³/mol. The van der Waals surface area contributed by atoms with E-state index in [1.165, 1.54) is 29.5 Å². The third kappa shape index (κ3) is 5.15. The molecule has 1 saturated heterocycles. The molecule has 0 atom stereocenters. The zero-order valence-electron chi connectivity index (χ0n) is 20.7. The van der Waals surface area contributed by atoms with Gasteiger partial charge in [-0.05, 0) is 31.0 Å². The molecule has 6 rings (SSSR count). The third-order valence-electron chi connectivity index (χ3n) is 6.23. The van der Waals surface area contributed by atoms with Crippen LogP contribution in [0.15, 0.2) is 58.8 Å². The molecule has 1 aliphatic rings. The second-order valence-corrected chi connectivity index (χ2v) is 10.8. The Kier molecular flexibility index (Phi) is 7.17. The molecule has 0 saturated carbocycles. The van der Waals surface area contributed by atoms with Crippen LogP contribution in [0, 0.1) is 29.1 Å². The first-order valence-electron chi connectivity index (χ1n) is 12.2. The van der Waals surface area contributed by atoms with Crippen molar-refractivity contribution in [1.29, 1.82) is 0 Å². The Bertz CT molecular complexity index is 1790. The van der Waals surface area contributed by atoms with E-state index in [1.807, 2.05) is 30.3 Å². The lowest BCUT2D eigenvalue weighted by Crippen LogP contribution is -2.17. The highest BCUT2D eigenvalue weighted by atomic mass is 32.1. The molecular formula is C27H16F5N5O2S2. The number of azo groups is 1. The number of nitrogens with zero attached hydrogens (tertiary/aromatic N) is 5. The summed E-state index contributed by atoms with van der Waals surface area (Å²) in [7, 11) is 0. The van der Waals surface area contributed by atoms with Gasteiger partial charge in [0.05, 0.1) is 15.8 Å². The van der Waals surface area contributed by atoms with Gasteiger partial charge in [0.2, 0.25) is 40.0 Å². The number of thiazole rings is 2. The van der Waals surface area contributed by atoms with Gasteiger partial charge < -0.3 is 9.64 Å². The number of halogens is 5. The molecule has 41 heavy (non-hydrogen) atoms. The molecule has 0 spiro atoms. The van der Waals surface area contributed by atoms with Crippen LogP contribution in [0.4, 0.5) is 37.2 Å². The van der Waals surface area contributed by atoms with E-state index in [2.05, 4.69) is 24.8 Å². The number of carbonyl (C=O) groups excluding carboxylic acids is 1. The van der Waals surface area contributed by atoms with Gasteiger partial charge in [0.15, 0.2) is 10.1 Å². The zero-order chi connectivity index (χ0) is 28.7. The minimum Gasteiger partial charge on any atom is -0.416 e. The molecule has 208 valence electrons. The van der Waals surface area contributed by atoms with Crippen LogP contribution in [-0.2, 0) is 0 Å². The predicted octanol–water partition coefficient (Wildman–Crippen LogP) is 8.35. The molecule has 2 aromatic heterocycles. The fourth-order valence-electron chi connectivity index (χ4n) is 4.19. The highest BCUT2D eigenvalue weighted by Crippen LogP contribution is 2.42. The zero-order valence-corrected chi connectivity index (χ0v) is 22.3. The number of aromatic nitrogens is 2. The van der Waals surface area contributed by atoms with Crippen LogP contribution < -0.4 is 9.64 Å². The van der Waals surface area contributed by atoms with Crippen LogP contribution in [0.2, 0.25) is 0 Å². The van der Waals surface area contributed by atoms with E-state index in [0.29, 0.717) is 20.9 Å². The fourth-order valence-corrected chi connectivity index (χ4v) is 5.98. The highest BCUT2D eigenvalue weighted by Gasteiger charge is 2.29. The Morgan fingerprint density at radius 2 is 1.51 bits per heavy atom. The highest BCUT2D eigenvalue weighted by molar-refractivity contribution is 7.22. The van der Waals surface area contributed by atoms with Gasteiger partial charge in [0.25, 0.3) is 0 Å². The average Bonchev–Trinajstić information content (AvgIpc) is 3.76. The summed E-state index contributed by atoms with van der Waals surface area (Å²) in [6.45, 7) is 1.84. The SMILES string of the molecule is O=C(Oc1c(F)c(F)c(F)c(F)c1F)c1ccc2nc(/N=N/c3sc(N4CCCC4)nc3-c3ccccc3)sc2c1. The van der Waals surface area contributed by atoms with E-state index in [-0.39, 0.29) is 10.7 Å². The Balaban J connectivity index is 1.27. The van der Waals surface area contributed by atoms with Crippen molar-refractivity contribution < 1.29 is 31.5 Å². The summed E-state index contributed by atoms with van der Waals surface area (Å²) in [5.74, 6) is -14.3. The van der Waals surface area contributed by atoms with Crippen molar-refractivity contribution >= 4 is 54.1 Å². The van der Waals surface area contributed by atoms with Gasteiger partial charge >= 0.3 is 5.97 Å². The second-order valence-electron chi connectivity index (χ2n) is 8.88. The smallest absolute Gasteiger partial charge is 0.343 e. The van der Waals surface area contributed by atoms with Crippen molar-refractivity contribution in [3.8, 4) is 17.0 Å². The lowest BCUT2D eigenvalue weighted by molar-refractivity contribution is 0.0716. The number of carbonyl (C=O) groups is 1. The molecular weight excluding hydrogens is 585 g/mol. The van der Waals surface area contributed by atoms with Gasteiger partial charge in [0, 0.05) is 18.7 Å². The quantitative estimate of drug-likeness (QED) is 0.0488. The lowest BCUT2D eigenvalue weighted by atomic mass is 10.2. The molecule has 0 N–H and O–H groups in total. The van der Waals surface area contributed by atoms with E-state index < -0.39 is 40.8 Å². The van der Waals surface area contributed by atoms with Crippen molar-refractivity contribution in [3.63, 3.8) is 0 Å². The van der Waals surface area contributed by atoms with Gasteiger partial charge in [-0.25, -0.2) is 27.9 Å². The van der Waals surface area contributed by atoms with Gasteiger partial charge in [0.1, 0.15) is 5.69 Å². The maximum atomic E-state index is 14.0. The number of hydrogen-bond acceptors (Lipinski definition) is 9. The molecule has 0 bridgehead atoms. The van der Waals surface area contributed by atoms with Crippen molar-refractivity contribution in [1.82, 2.24) is 9.97 Å². The number of hydrogen-bond donors (Lipinski definition) is 0. The van der Waals surface area contributed by atoms with Crippen molar-refractivity contribution in [2.45, 2.75) is 12.8 Å². The first-order chi connectivity index (χ1) is 19.8. The van der Waals surface area contributed by atoms with Crippen LogP contribution in [-0.4, -0.2) is 29.0 Å². The molecule has 5 aromatic rings. The summed E-state index contributed by atoms with van der Waals surface area (Å²) in [5.41, 5.74) is 1.84. The Hall–Kier alpha value is -4.30. The Labute approximate surface area is 236 Å². The standard InChI is InChI=1S/C27H16F5N5O2S2/c28-17-18(29)20(31)23(21(32)19(17)30)39-25(38)14-8-9-15-16(12-14)40-26(33-15)36-35-24-22(13-6-2-1-3-7-13)34-27(41-24)37-10-4-5-11-37/h1-3,6-9,12H,4-5,10-11H2/b36-35+. The van der Waals surface area contributed by atoms with Crippen molar-refractivity contribution in [3.05, 3.63) is 83.2 Å². The summed E-state index contributed by atoms with van der Waals surface area (Å²) in [6, 6.07) is 13.6. The third-order valence-corrected chi connectivity index (χ3v) is 8.13. The average molecular weight is 602 g/mol. The number of benzene rings is 3. The summed E-state index contributed by atoms with van der Waals surface area (Å²) >= 11 is 2.50. The molecule has 1 fully saturated rings. The van der Waals surface area contributed by atoms with E-state index in [0.717, 1.165) is 48.0 Å². The largest absolute Gasteiger partial charge is 0.416 e.